The molecule has 3 rings (SSSR count). The molecule has 0 radical (unpaired) electrons. The maximum Gasteiger partial charge on any atom is 0.200 e. The molecular formula is C26H30F4O. The molecule has 1 aliphatic carbocycles. The Morgan fingerprint density at radius 1 is 0.871 bits per heavy atom. The fourth-order valence-electron chi connectivity index (χ4n) is 4.16. The lowest BCUT2D eigenvalue weighted by atomic mass is 9.78. The number of ether oxygens (including phenoxy) is 1. The Morgan fingerprint density at radius 3 is 2.32 bits per heavy atom. The van der Waals surface area contributed by atoms with Crippen LogP contribution in [-0.4, -0.2) is 6.61 Å². The topological polar surface area (TPSA) is 9.23 Å². The van der Waals surface area contributed by atoms with Gasteiger partial charge in [-0.3, -0.25) is 0 Å². The Hall–Kier alpha value is -2.30. The Labute approximate surface area is 182 Å². The van der Waals surface area contributed by atoms with Gasteiger partial charge in [-0.1, -0.05) is 50.1 Å². The summed E-state index contributed by atoms with van der Waals surface area (Å²) in [5.41, 5.74) is 0.905. The minimum atomic E-state index is -0.909. The number of benzene rings is 2. The summed E-state index contributed by atoms with van der Waals surface area (Å²) in [7, 11) is 0. The van der Waals surface area contributed by atoms with Gasteiger partial charge in [-0.2, -0.15) is 4.39 Å². The van der Waals surface area contributed by atoms with Crippen LogP contribution in [-0.2, 0) is 0 Å². The van der Waals surface area contributed by atoms with Crippen LogP contribution in [0, 0.1) is 36.1 Å². The summed E-state index contributed by atoms with van der Waals surface area (Å²) in [5, 5.41) is 0. The highest BCUT2D eigenvalue weighted by atomic mass is 19.2. The van der Waals surface area contributed by atoms with Gasteiger partial charge in [-0.15, -0.1) is 0 Å². The molecule has 0 atom stereocenters. The number of halogens is 4. The molecule has 1 fully saturated rings. The molecule has 5 heteroatoms. The second-order valence-electron chi connectivity index (χ2n) is 8.41. The summed E-state index contributed by atoms with van der Waals surface area (Å²) >= 11 is 0. The largest absolute Gasteiger partial charge is 0.490 e. The molecule has 0 bridgehead atoms. The van der Waals surface area contributed by atoms with Crippen molar-refractivity contribution in [2.24, 2.45) is 5.92 Å². The number of unbranched alkanes of at least 4 members (excludes halogenated alkanes) is 2. The third-order valence-corrected chi connectivity index (χ3v) is 6.15. The average molecular weight is 435 g/mol. The van der Waals surface area contributed by atoms with Crippen molar-refractivity contribution in [3.8, 4) is 5.75 Å². The molecule has 0 aliphatic heterocycles. The Kier molecular flexibility index (Phi) is 8.16. The molecule has 0 unspecified atom stereocenters. The van der Waals surface area contributed by atoms with Crippen LogP contribution in [0.3, 0.4) is 0 Å². The summed E-state index contributed by atoms with van der Waals surface area (Å²) < 4.78 is 62.2. The van der Waals surface area contributed by atoms with E-state index in [2.05, 4.69) is 6.92 Å². The van der Waals surface area contributed by atoms with Crippen LogP contribution in [0.2, 0.25) is 0 Å². The highest BCUT2D eigenvalue weighted by Crippen LogP contribution is 2.39. The first-order valence-corrected chi connectivity index (χ1v) is 11.2. The van der Waals surface area contributed by atoms with Gasteiger partial charge in [0.1, 0.15) is 0 Å². The van der Waals surface area contributed by atoms with Gasteiger partial charge >= 0.3 is 0 Å². The molecule has 0 N–H and O–H groups in total. The zero-order chi connectivity index (χ0) is 22.4. The molecule has 168 valence electrons. The molecular weight excluding hydrogens is 404 g/mol. The van der Waals surface area contributed by atoms with Crippen molar-refractivity contribution < 1.29 is 22.3 Å². The van der Waals surface area contributed by atoms with Crippen LogP contribution in [0.25, 0.3) is 6.08 Å². The maximum absolute atomic E-state index is 14.7. The maximum atomic E-state index is 14.7. The van der Waals surface area contributed by atoms with Crippen molar-refractivity contribution in [2.45, 2.75) is 64.7 Å². The second kappa shape index (κ2) is 10.8. The average Bonchev–Trinajstić information content (AvgIpc) is 2.78. The zero-order valence-electron chi connectivity index (χ0n) is 18.2. The molecule has 0 amide bonds. The lowest BCUT2D eigenvalue weighted by molar-refractivity contribution is 0.284. The number of hydrogen-bond acceptors (Lipinski definition) is 1. The van der Waals surface area contributed by atoms with E-state index in [0.717, 1.165) is 32.1 Å². The monoisotopic (exact) mass is 434 g/mol. The number of allylic oxidation sites excluding steroid dienone is 1. The molecule has 1 saturated carbocycles. The fraction of sp³-hybridized carbons (Fsp3) is 0.462. The number of hydrogen-bond donors (Lipinski definition) is 0. The van der Waals surface area contributed by atoms with Gasteiger partial charge in [-0.05, 0) is 68.1 Å². The molecule has 0 spiro atoms. The minimum Gasteiger partial charge on any atom is -0.490 e. The second-order valence-corrected chi connectivity index (χ2v) is 8.41. The Morgan fingerprint density at radius 2 is 1.61 bits per heavy atom. The summed E-state index contributed by atoms with van der Waals surface area (Å²) in [6.45, 7) is 3.98. The van der Waals surface area contributed by atoms with E-state index in [1.165, 1.54) is 13.0 Å². The van der Waals surface area contributed by atoms with E-state index in [4.69, 9.17) is 4.74 Å². The van der Waals surface area contributed by atoms with Gasteiger partial charge in [0.25, 0.3) is 0 Å². The van der Waals surface area contributed by atoms with Gasteiger partial charge < -0.3 is 4.74 Å². The van der Waals surface area contributed by atoms with Gasteiger partial charge in [0.2, 0.25) is 5.82 Å². The van der Waals surface area contributed by atoms with Crippen LogP contribution in [0.15, 0.2) is 30.3 Å². The standard InChI is InChI=1S/C26H30F4O/c1-3-4-5-16-31-22-15-14-21(25(29)26(22)30)19-11-7-18(8-12-19)9-13-20-10-6-17(2)23(27)24(20)28/h6,9-10,13-15,18-19H,3-5,7-8,11-12,16H2,1-2H3/b13-9+. The van der Waals surface area contributed by atoms with E-state index in [9.17, 15) is 17.6 Å². The van der Waals surface area contributed by atoms with Crippen LogP contribution >= 0.6 is 0 Å². The minimum absolute atomic E-state index is 0.0265. The third-order valence-electron chi connectivity index (χ3n) is 6.15. The SMILES string of the molecule is CCCCCOc1ccc(C2CCC(/C=C/c3ccc(C)c(F)c3F)CC2)c(F)c1F. The van der Waals surface area contributed by atoms with E-state index in [-0.39, 0.29) is 28.7 Å². The van der Waals surface area contributed by atoms with Gasteiger partial charge in [0.05, 0.1) is 6.61 Å². The van der Waals surface area contributed by atoms with E-state index in [0.29, 0.717) is 25.0 Å². The van der Waals surface area contributed by atoms with Crippen molar-refractivity contribution in [2.75, 3.05) is 6.61 Å². The molecule has 2 aromatic rings. The molecule has 2 aromatic carbocycles. The van der Waals surface area contributed by atoms with E-state index >= 15 is 0 Å². The van der Waals surface area contributed by atoms with Crippen LogP contribution in [0.5, 0.6) is 5.75 Å². The van der Waals surface area contributed by atoms with Crippen LogP contribution in [0.1, 0.15) is 74.5 Å². The van der Waals surface area contributed by atoms with Crippen molar-refractivity contribution in [3.63, 3.8) is 0 Å². The number of rotatable bonds is 8. The fourth-order valence-corrected chi connectivity index (χ4v) is 4.16. The predicted octanol–water partition coefficient (Wildman–Crippen LogP) is 8.11. The summed E-state index contributed by atoms with van der Waals surface area (Å²) in [4.78, 5) is 0. The number of aryl methyl sites for hydroxylation is 1. The highest BCUT2D eigenvalue weighted by Gasteiger charge is 2.26. The van der Waals surface area contributed by atoms with Crippen molar-refractivity contribution >= 4 is 6.08 Å². The zero-order valence-corrected chi connectivity index (χ0v) is 18.2. The first-order chi connectivity index (χ1) is 14.9. The highest BCUT2D eigenvalue weighted by molar-refractivity contribution is 5.51. The first-order valence-electron chi connectivity index (χ1n) is 11.2. The Balaban J connectivity index is 1.59. The lowest BCUT2D eigenvalue weighted by Gasteiger charge is -2.27. The first kappa shape index (κ1) is 23.4. The molecule has 0 saturated heterocycles. The summed E-state index contributed by atoms with van der Waals surface area (Å²) in [6, 6.07) is 6.29. The van der Waals surface area contributed by atoms with Gasteiger partial charge in [0.15, 0.2) is 23.2 Å². The molecule has 1 nitrogen and oxygen atoms in total. The van der Waals surface area contributed by atoms with E-state index in [1.807, 2.05) is 6.08 Å². The molecule has 31 heavy (non-hydrogen) atoms. The van der Waals surface area contributed by atoms with E-state index in [1.54, 1.807) is 24.3 Å². The van der Waals surface area contributed by atoms with Crippen molar-refractivity contribution in [3.05, 3.63) is 70.3 Å². The predicted molar refractivity (Wildman–Crippen MR) is 116 cm³/mol. The van der Waals surface area contributed by atoms with Gasteiger partial charge in [0, 0.05) is 5.56 Å². The lowest BCUT2D eigenvalue weighted by Crippen LogP contribution is -2.14. The smallest absolute Gasteiger partial charge is 0.200 e. The third kappa shape index (κ3) is 5.69. The summed E-state index contributed by atoms with van der Waals surface area (Å²) in [5.74, 6) is -3.25. The summed E-state index contributed by atoms with van der Waals surface area (Å²) in [6.07, 6.45) is 9.36. The van der Waals surface area contributed by atoms with Crippen LogP contribution < -0.4 is 4.74 Å². The van der Waals surface area contributed by atoms with Crippen LogP contribution in [0.4, 0.5) is 17.6 Å². The van der Waals surface area contributed by atoms with E-state index < -0.39 is 23.3 Å². The van der Waals surface area contributed by atoms with Crippen molar-refractivity contribution in [1.82, 2.24) is 0 Å². The normalized spacial score (nSPS) is 19.2. The van der Waals surface area contributed by atoms with Crippen molar-refractivity contribution in [1.29, 1.82) is 0 Å². The molecule has 1 aliphatic rings. The van der Waals surface area contributed by atoms with Gasteiger partial charge in [-0.25, -0.2) is 13.2 Å². The molecule has 0 heterocycles. The molecule has 0 aromatic heterocycles. The Bertz CT molecular complexity index is 914. The quantitative estimate of drug-likeness (QED) is 0.301.